The lowest BCUT2D eigenvalue weighted by atomic mass is 10.1. The average Bonchev–Trinajstić information content (AvgIpc) is 3.09. The zero-order valence-corrected chi connectivity index (χ0v) is 13.9. The molecule has 6 heteroatoms. The van der Waals surface area contributed by atoms with Crippen molar-refractivity contribution in [1.82, 2.24) is 19.6 Å². The second-order valence-corrected chi connectivity index (χ2v) is 6.02. The predicted octanol–water partition coefficient (Wildman–Crippen LogP) is 1.50. The molecule has 1 aliphatic rings. The van der Waals surface area contributed by atoms with Gasteiger partial charge in [0.05, 0.1) is 11.9 Å². The van der Waals surface area contributed by atoms with Gasteiger partial charge in [0.15, 0.2) is 0 Å². The second kappa shape index (κ2) is 7.29. The van der Waals surface area contributed by atoms with Crippen molar-refractivity contribution < 1.29 is 9.59 Å². The predicted molar refractivity (Wildman–Crippen MR) is 90.7 cm³/mol. The summed E-state index contributed by atoms with van der Waals surface area (Å²) < 4.78 is 1.82. The normalized spacial score (nSPS) is 14.7. The maximum atomic E-state index is 12.3. The molecule has 6 nitrogen and oxygen atoms in total. The van der Waals surface area contributed by atoms with Gasteiger partial charge in [0.1, 0.15) is 0 Å². The van der Waals surface area contributed by atoms with E-state index in [1.54, 1.807) is 11.8 Å². The fourth-order valence-corrected chi connectivity index (χ4v) is 2.89. The van der Waals surface area contributed by atoms with Crippen LogP contribution in [0.1, 0.15) is 18.9 Å². The molecular weight excluding hydrogens is 304 g/mol. The van der Waals surface area contributed by atoms with Gasteiger partial charge in [-0.3, -0.25) is 9.59 Å². The molecule has 2 heterocycles. The van der Waals surface area contributed by atoms with Crippen LogP contribution >= 0.6 is 0 Å². The molecule has 1 saturated heterocycles. The number of benzene rings is 1. The highest BCUT2D eigenvalue weighted by Gasteiger charge is 2.22. The smallest absolute Gasteiger partial charge is 0.223 e. The summed E-state index contributed by atoms with van der Waals surface area (Å²) in [7, 11) is 0. The number of para-hydroxylation sites is 1. The van der Waals surface area contributed by atoms with Gasteiger partial charge in [0, 0.05) is 45.7 Å². The molecule has 0 radical (unpaired) electrons. The Labute approximate surface area is 141 Å². The summed E-state index contributed by atoms with van der Waals surface area (Å²) >= 11 is 0. The Balaban J connectivity index is 1.50. The number of hydrogen-bond donors (Lipinski definition) is 0. The SMILES string of the molecule is CC(=O)N1CCN(C(=O)CCc2cnn(-c3ccccc3)c2)CC1. The van der Waals surface area contributed by atoms with E-state index in [0.717, 1.165) is 11.3 Å². The van der Waals surface area contributed by atoms with Gasteiger partial charge in [-0.1, -0.05) is 18.2 Å². The molecule has 1 aromatic heterocycles. The van der Waals surface area contributed by atoms with Crippen molar-refractivity contribution in [3.8, 4) is 5.69 Å². The van der Waals surface area contributed by atoms with E-state index in [-0.39, 0.29) is 11.8 Å². The Morgan fingerprint density at radius 1 is 1.04 bits per heavy atom. The highest BCUT2D eigenvalue weighted by atomic mass is 16.2. The van der Waals surface area contributed by atoms with Gasteiger partial charge in [0.2, 0.25) is 11.8 Å². The van der Waals surface area contributed by atoms with Crippen molar-refractivity contribution in [2.45, 2.75) is 19.8 Å². The van der Waals surface area contributed by atoms with E-state index < -0.39 is 0 Å². The summed E-state index contributed by atoms with van der Waals surface area (Å²) in [5.41, 5.74) is 2.06. The number of aryl methyl sites for hydroxylation is 1. The standard InChI is InChI=1S/C18H22N4O2/c1-15(23)20-9-11-21(12-10-20)18(24)8-7-16-13-19-22(14-16)17-5-3-2-4-6-17/h2-6,13-14H,7-12H2,1H3. The second-order valence-electron chi connectivity index (χ2n) is 6.02. The number of carbonyl (C=O) groups is 2. The van der Waals surface area contributed by atoms with Gasteiger partial charge in [-0.05, 0) is 24.1 Å². The van der Waals surface area contributed by atoms with Crippen LogP contribution in [0.4, 0.5) is 0 Å². The molecule has 1 fully saturated rings. The quantitative estimate of drug-likeness (QED) is 0.855. The molecule has 0 atom stereocenters. The van der Waals surface area contributed by atoms with E-state index in [1.807, 2.05) is 52.3 Å². The minimum Gasteiger partial charge on any atom is -0.339 e. The summed E-state index contributed by atoms with van der Waals surface area (Å²) in [5, 5.41) is 4.35. The monoisotopic (exact) mass is 326 g/mol. The summed E-state index contributed by atoms with van der Waals surface area (Å²) in [5.74, 6) is 0.223. The minimum atomic E-state index is 0.0791. The van der Waals surface area contributed by atoms with Crippen molar-refractivity contribution in [3.05, 3.63) is 48.3 Å². The summed E-state index contributed by atoms with van der Waals surface area (Å²) in [4.78, 5) is 27.3. The maximum Gasteiger partial charge on any atom is 0.223 e. The van der Waals surface area contributed by atoms with E-state index in [4.69, 9.17) is 0 Å². The van der Waals surface area contributed by atoms with Crippen LogP contribution in [0.2, 0.25) is 0 Å². The van der Waals surface area contributed by atoms with Crippen molar-refractivity contribution in [1.29, 1.82) is 0 Å². The number of nitrogens with zero attached hydrogens (tertiary/aromatic N) is 4. The molecule has 1 aromatic carbocycles. The number of piperazine rings is 1. The zero-order valence-electron chi connectivity index (χ0n) is 13.9. The molecule has 0 aliphatic carbocycles. The number of hydrogen-bond acceptors (Lipinski definition) is 3. The Morgan fingerprint density at radius 2 is 1.71 bits per heavy atom. The van der Waals surface area contributed by atoms with Crippen LogP contribution in [0.15, 0.2) is 42.7 Å². The molecule has 0 N–H and O–H groups in total. The van der Waals surface area contributed by atoms with Crippen molar-refractivity contribution in [3.63, 3.8) is 0 Å². The molecule has 1 aliphatic heterocycles. The highest BCUT2D eigenvalue weighted by Crippen LogP contribution is 2.11. The third kappa shape index (κ3) is 3.82. The lowest BCUT2D eigenvalue weighted by Crippen LogP contribution is -2.50. The Bertz CT molecular complexity index is 703. The van der Waals surface area contributed by atoms with Crippen LogP contribution < -0.4 is 0 Å². The van der Waals surface area contributed by atoms with Crippen LogP contribution in [-0.4, -0.2) is 57.6 Å². The number of carbonyl (C=O) groups excluding carboxylic acids is 2. The third-order valence-electron chi connectivity index (χ3n) is 4.36. The summed E-state index contributed by atoms with van der Waals surface area (Å²) in [6.45, 7) is 4.09. The van der Waals surface area contributed by atoms with E-state index in [1.165, 1.54) is 0 Å². The third-order valence-corrected chi connectivity index (χ3v) is 4.36. The Morgan fingerprint density at radius 3 is 2.38 bits per heavy atom. The summed E-state index contributed by atoms with van der Waals surface area (Å²) in [6, 6.07) is 9.91. The zero-order chi connectivity index (χ0) is 16.9. The first-order valence-electron chi connectivity index (χ1n) is 8.26. The topological polar surface area (TPSA) is 58.4 Å². The fraction of sp³-hybridized carbons (Fsp3) is 0.389. The first-order valence-corrected chi connectivity index (χ1v) is 8.26. The molecule has 126 valence electrons. The first kappa shape index (κ1) is 16.2. The van der Waals surface area contributed by atoms with Gasteiger partial charge >= 0.3 is 0 Å². The molecule has 0 saturated carbocycles. The number of amides is 2. The highest BCUT2D eigenvalue weighted by molar-refractivity contribution is 5.77. The summed E-state index contributed by atoms with van der Waals surface area (Å²) in [6.07, 6.45) is 4.93. The van der Waals surface area contributed by atoms with Gasteiger partial charge in [-0.25, -0.2) is 4.68 Å². The molecule has 24 heavy (non-hydrogen) atoms. The molecule has 2 aromatic rings. The molecule has 0 bridgehead atoms. The van der Waals surface area contributed by atoms with Crippen LogP contribution in [0, 0.1) is 0 Å². The number of aromatic nitrogens is 2. The van der Waals surface area contributed by atoms with E-state index in [2.05, 4.69) is 5.10 Å². The molecular formula is C18H22N4O2. The van der Waals surface area contributed by atoms with Gasteiger partial charge in [0.25, 0.3) is 0 Å². The van der Waals surface area contributed by atoms with Crippen molar-refractivity contribution in [2.75, 3.05) is 26.2 Å². The molecule has 2 amide bonds. The average molecular weight is 326 g/mol. The van der Waals surface area contributed by atoms with Crippen LogP contribution in [0.25, 0.3) is 5.69 Å². The van der Waals surface area contributed by atoms with Crippen molar-refractivity contribution >= 4 is 11.8 Å². The van der Waals surface area contributed by atoms with Gasteiger partial charge < -0.3 is 9.80 Å². The van der Waals surface area contributed by atoms with Gasteiger partial charge in [-0.15, -0.1) is 0 Å². The van der Waals surface area contributed by atoms with Crippen molar-refractivity contribution in [2.24, 2.45) is 0 Å². The maximum absolute atomic E-state index is 12.3. The number of rotatable bonds is 4. The molecule has 0 unspecified atom stereocenters. The van der Waals surface area contributed by atoms with E-state index in [9.17, 15) is 9.59 Å². The largest absolute Gasteiger partial charge is 0.339 e. The van der Waals surface area contributed by atoms with Crippen LogP contribution in [0.5, 0.6) is 0 Å². The lowest BCUT2D eigenvalue weighted by molar-refractivity contribution is -0.138. The van der Waals surface area contributed by atoms with E-state index in [0.29, 0.717) is 39.0 Å². The van der Waals surface area contributed by atoms with Crippen LogP contribution in [0.3, 0.4) is 0 Å². The fourth-order valence-electron chi connectivity index (χ4n) is 2.89. The molecule has 3 rings (SSSR count). The van der Waals surface area contributed by atoms with Gasteiger partial charge in [-0.2, -0.15) is 5.10 Å². The minimum absolute atomic E-state index is 0.0791. The first-order chi connectivity index (χ1) is 11.6. The molecule has 0 spiro atoms. The van der Waals surface area contributed by atoms with Crippen LogP contribution in [-0.2, 0) is 16.0 Å². The lowest BCUT2D eigenvalue weighted by Gasteiger charge is -2.34. The van der Waals surface area contributed by atoms with E-state index >= 15 is 0 Å². The Kier molecular flexibility index (Phi) is 4.93. The Hall–Kier alpha value is -2.63.